The van der Waals surface area contributed by atoms with Gasteiger partial charge in [0.1, 0.15) is 13.2 Å². The zero-order valence-corrected chi connectivity index (χ0v) is 16.5. The van der Waals surface area contributed by atoms with Crippen molar-refractivity contribution in [3.63, 3.8) is 0 Å². The third-order valence-electron chi connectivity index (χ3n) is 4.02. The van der Waals surface area contributed by atoms with Crippen molar-refractivity contribution in [1.82, 2.24) is 20.2 Å². The SMILES string of the molecule is Nn1c(SCCC(=O)NC(=O)Nc2ccc3c(c2)OCCO3)nnc1-c1ccco1. The maximum absolute atomic E-state index is 12.0. The van der Waals surface area contributed by atoms with Gasteiger partial charge in [0.2, 0.25) is 16.9 Å². The first-order valence-electron chi connectivity index (χ1n) is 8.98. The second kappa shape index (κ2) is 8.78. The number of benzene rings is 1. The molecule has 0 radical (unpaired) electrons. The Morgan fingerprint density at radius 2 is 2.00 bits per heavy atom. The summed E-state index contributed by atoms with van der Waals surface area (Å²) in [5.41, 5.74) is 0.487. The van der Waals surface area contributed by atoms with E-state index in [9.17, 15) is 9.59 Å². The summed E-state index contributed by atoms with van der Waals surface area (Å²) in [6, 6.07) is 7.80. The monoisotopic (exact) mass is 430 g/mol. The summed E-state index contributed by atoms with van der Waals surface area (Å²) in [5, 5.41) is 13.2. The fraction of sp³-hybridized carbons (Fsp3) is 0.222. The zero-order chi connectivity index (χ0) is 20.9. The summed E-state index contributed by atoms with van der Waals surface area (Å²) in [6.07, 6.45) is 1.60. The Morgan fingerprint density at radius 1 is 1.17 bits per heavy atom. The van der Waals surface area contributed by atoms with Crippen LogP contribution in [0.25, 0.3) is 11.6 Å². The van der Waals surface area contributed by atoms with E-state index in [1.807, 2.05) is 0 Å². The van der Waals surface area contributed by atoms with Gasteiger partial charge in [-0.05, 0) is 24.3 Å². The van der Waals surface area contributed by atoms with Gasteiger partial charge in [0.15, 0.2) is 17.3 Å². The molecule has 0 spiro atoms. The number of hydrogen-bond donors (Lipinski definition) is 3. The van der Waals surface area contributed by atoms with Gasteiger partial charge in [-0.2, -0.15) is 0 Å². The van der Waals surface area contributed by atoms with Crippen LogP contribution in [0, 0.1) is 0 Å². The zero-order valence-electron chi connectivity index (χ0n) is 15.7. The molecule has 12 heteroatoms. The van der Waals surface area contributed by atoms with E-state index in [1.165, 1.54) is 22.7 Å². The summed E-state index contributed by atoms with van der Waals surface area (Å²) in [7, 11) is 0. The minimum Gasteiger partial charge on any atom is -0.486 e. The topological polar surface area (TPSA) is 147 Å². The van der Waals surface area contributed by atoms with Gasteiger partial charge < -0.3 is 25.1 Å². The van der Waals surface area contributed by atoms with E-state index in [2.05, 4.69) is 20.8 Å². The maximum Gasteiger partial charge on any atom is 0.325 e. The van der Waals surface area contributed by atoms with Crippen molar-refractivity contribution >= 4 is 29.4 Å². The molecule has 1 aliphatic heterocycles. The Hall–Kier alpha value is -3.67. The van der Waals surface area contributed by atoms with Gasteiger partial charge >= 0.3 is 6.03 Å². The lowest BCUT2D eigenvalue weighted by molar-refractivity contribution is -0.119. The van der Waals surface area contributed by atoms with E-state index < -0.39 is 11.9 Å². The number of anilines is 1. The number of thioether (sulfide) groups is 1. The number of imide groups is 1. The van der Waals surface area contributed by atoms with Crippen LogP contribution >= 0.6 is 11.8 Å². The summed E-state index contributed by atoms with van der Waals surface area (Å²) in [4.78, 5) is 24.1. The van der Waals surface area contributed by atoms with Crippen molar-refractivity contribution in [1.29, 1.82) is 0 Å². The first-order chi connectivity index (χ1) is 14.6. The number of rotatable bonds is 6. The van der Waals surface area contributed by atoms with Gasteiger partial charge in [0, 0.05) is 23.9 Å². The Morgan fingerprint density at radius 3 is 2.80 bits per heavy atom. The Balaban J connectivity index is 1.24. The largest absolute Gasteiger partial charge is 0.486 e. The molecule has 0 bridgehead atoms. The van der Waals surface area contributed by atoms with Crippen LogP contribution in [0.1, 0.15) is 6.42 Å². The van der Waals surface area contributed by atoms with E-state index >= 15 is 0 Å². The lowest BCUT2D eigenvalue weighted by Gasteiger charge is -2.19. The van der Waals surface area contributed by atoms with Gasteiger partial charge in [0.05, 0.1) is 6.26 Å². The van der Waals surface area contributed by atoms with Crippen LogP contribution in [0.15, 0.2) is 46.2 Å². The molecule has 30 heavy (non-hydrogen) atoms. The van der Waals surface area contributed by atoms with Gasteiger partial charge in [-0.25, -0.2) is 9.47 Å². The molecule has 0 unspecified atom stereocenters. The van der Waals surface area contributed by atoms with Crippen molar-refractivity contribution in [3.05, 3.63) is 36.6 Å². The molecule has 0 atom stereocenters. The molecule has 4 rings (SSSR count). The third kappa shape index (κ3) is 4.49. The predicted octanol–water partition coefficient (Wildman–Crippen LogP) is 1.85. The fourth-order valence-electron chi connectivity index (χ4n) is 2.66. The van der Waals surface area contributed by atoms with Crippen LogP contribution in [0.4, 0.5) is 10.5 Å². The maximum atomic E-state index is 12.0. The summed E-state index contributed by atoms with van der Waals surface area (Å²) in [6.45, 7) is 0.926. The number of nitrogen functional groups attached to an aromatic ring is 1. The van der Waals surface area contributed by atoms with Crippen molar-refractivity contribution in [2.75, 3.05) is 30.1 Å². The van der Waals surface area contributed by atoms with E-state index in [4.69, 9.17) is 19.7 Å². The van der Waals surface area contributed by atoms with Gasteiger partial charge in [-0.1, -0.05) is 11.8 Å². The van der Waals surface area contributed by atoms with Gasteiger partial charge in [-0.3, -0.25) is 10.1 Å². The highest BCUT2D eigenvalue weighted by molar-refractivity contribution is 7.99. The standard InChI is InChI=1S/C18H18N6O5S/c19-24-16(13-2-1-6-27-13)22-23-18(24)30-9-5-15(25)21-17(26)20-11-3-4-12-14(10-11)29-8-7-28-12/h1-4,6,10H,5,7-9,19H2,(H2,20,21,25,26). The smallest absolute Gasteiger partial charge is 0.325 e. The fourth-order valence-corrected chi connectivity index (χ4v) is 3.45. The van der Waals surface area contributed by atoms with E-state index in [0.717, 1.165) is 0 Å². The number of nitrogens with zero attached hydrogens (tertiary/aromatic N) is 3. The molecule has 0 fully saturated rings. The molecule has 1 aromatic carbocycles. The number of hydrogen-bond acceptors (Lipinski definition) is 9. The number of furan rings is 1. The molecule has 0 saturated heterocycles. The minimum absolute atomic E-state index is 0.0855. The van der Waals surface area contributed by atoms with Crippen LogP contribution in [0.5, 0.6) is 11.5 Å². The lowest BCUT2D eigenvalue weighted by atomic mass is 10.2. The molecular weight excluding hydrogens is 412 g/mol. The van der Waals surface area contributed by atoms with Crippen LogP contribution in [-0.4, -0.2) is 45.8 Å². The van der Waals surface area contributed by atoms with Crippen molar-refractivity contribution < 1.29 is 23.5 Å². The molecule has 2 aromatic heterocycles. The van der Waals surface area contributed by atoms with Gasteiger partial charge in [0.25, 0.3) is 0 Å². The Kier molecular flexibility index (Phi) is 5.75. The van der Waals surface area contributed by atoms with E-state index in [-0.39, 0.29) is 6.42 Å². The third-order valence-corrected chi connectivity index (χ3v) is 4.96. The molecule has 3 heterocycles. The second-order valence-electron chi connectivity index (χ2n) is 6.11. The molecule has 1 aliphatic rings. The van der Waals surface area contributed by atoms with Crippen molar-refractivity contribution in [3.8, 4) is 23.1 Å². The lowest BCUT2D eigenvalue weighted by Crippen LogP contribution is -2.34. The predicted molar refractivity (Wildman–Crippen MR) is 108 cm³/mol. The van der Waals surface area contributed by atoms with Crippen molar-refractivity contribution in [2.45, 2.75) is 11.6 Å². The highest BCUT2D eigenvalue weighted by atomic mass is 32.2. The normalized spacial score (nSPS) is 12.4. The van der Waals surface area contributed by atoms with Gasteiger partial charge in [-0.15, -0.1) is 10.2 Å². The molecule has 156 valence electrons. The number of carbonyl (C=O) groups excluding carboxylic acids is 2. The first kappa shape index (κ1) is 19.6. The number of aromatic nitrogens is 3. The molecule has 0 saturated carbocycles. The molecule has 11 nitrogen and oxygen atoms in total. The Labute approximate surface area is 174 Å². The van der Waals surface area contributed by atoms with Crippen LogP contribution < -0.4 is 25.9 Å². The highest BCUT2D eigenvalue weighted by Gasteiger charge is 2.16. The summed E-state index contributed by atoms with van der Waals surface area (Å²) < 4.78 is 17.4. The van der Waals surface area contributed by atoms with Crippen LogP contribution in [-0.2, 0) is 4.79 Å². The molecule has 3 amide bonds. The molecule has 0 aliphatic carbocycles. The number of nitrogens with one attached hydrogen (secondary N) is 2. The average molecular weight is 430 g/mol. The number of carbonyl (C=O) groups is 2. The number of urea groups is 1. The number of fused-ring (bicyclic) bond motifs is 1. The minimum atomic E-state index is -0.635. The average Bonchev–Trinajstić information content (AvgIpc) is 3.38. The van der Waals surface area contributed by atoms with Crippen molar-refractivity contribution in [2.24, 2.45) is 0 Å². The molecular formula is C18H18N6O5S. The quantitative estimate of drug-likeness (QED) is 0.394. The van der Waals surface area contributed by atoms with Crippen LogP contribution in [0.2, 0.25) is 0 Å². The van der Waals surface area contributed by atoms with E-state index in [1.54, 1.807) is 30.3 Å². The van der Waals surface area contributed by atoms with Crippen LogP contribution in [0.3, 0.4) is 0 Å². The first-order valence-corrected chi connectivity index (χ1v) is 9.96. The Bertz CT molecular complexity index is 1050. The number of nitrogens with two attached hydrogens (primary N) is 1. The summed E-state index contributed by atoms with van der Waals surface area (Å²) >= 11 is 1.24. The number of amides is 3. The molecule has 4 N–H and O–H groups in total. The van der Waals surface area contributed by atoms with E-state index in [0.29, 0.717) is 52.9 Å². The number of ether oxygens (including phenoxy) is 2. The second-order valence-corrected chi connectivity index (χ2v) is 7.17. The highest BCUT2D eigenvalue weighted by Crippen LogP contribution is 2.32. The molecule has 3 aromatic rings. The summed E-state index contributed by atoms with van der Waals surface area (Å²) in [5.74, 6) is 7.90.